The molecule has 0 atom stereocenters. The molecule has 27 heavy (non-hydrogen) atoms. The molecule has 0 saturated carbocycles. The first-order valence-corrected chi connectivity index (χ1v) is 10.3. The summed E-state index contributed by atoms with van der Waals surface area (Å²) in [7, 11) is -3.41. The molecular weight excluding hydrogens is 371 g/mol. The maximum absolute atomic E-state index is 13.9. The number of rotatable bonds is 2. The van der Waals surface area contributed by atoms with Crippen LogP contribution in [0, 0.1) is 5.82 Å². The second-order valence-corrected chi connectivity index (χ2v) is 8.33. The Morgan fingerprint density at radius 3 is 2.52 bits per heavy atom. The van der Waals surface area contributed by atoms with Gasteiger partial charge in [-0.2, -0.15) is 0 Å². The van der Waals surface area contributed by atoms with Gasteiger partial charge >= 0.3 is 0 Å². The van der Waals surface area contributed by atoms with E-state index >= 15 is 0 Å². The molecule has 3 aliphatic rings. The molecule has 3 aliphatic heterocycles. The molecule has 0 unspecified atom stereocenters. The summed E-state index contributed by atoms with van der Waals surface area (Å²) < 4.78 is 40.8. The van der Waals surface area contributed by atoms with E-state index in [1.165, 1.54) is 6.07 Å². The number of piperazine rings is 1. The number of para-hydroxylation sites is 1. The minimum absolute atomic E-state index is 0.0658. The quantitative estimate of drug-likeness (QED) is 0.753. The number of hydrogen-bond donors (Lipinski definition) is 0. The summed E-state index contributed by atoms with van der Waals surface area (Å²) in [5.41, 5.74) is 1.05. The van der Waals surface area contributed by atoms with E-state index in [0.29, 0.717) is 43.3 Å². The summed E-state index contributed by atoms with van der Waals surface area (Å²) in [6.45, 7) is 2.38. The molecule has 1 fully saturated rings. The molecule has 142 valence electrons. The molecule has 1 saturated heterocycles. The maximum atomic E-state index is 13.9. The van der Waals surface area contributed by atoms with Gasteiger partial charge in [-0.05, 0) is 24.3 Å². The number of fused-ring (bicyclic) bond motifs is 1. The molecule has 7 nitrogen and oxygen atoms in total. The number of anilines is 1. The summed E-state index contributed by atoms with van der Waals surface area (Å²) in [6.07, 6.45) is 4.81. The molecule has 0 aromatic heterocycles. The van der Waals surface area contributed by atoms with E-state index in [2.05, 4.69) is 4.40 Å². The molecule has 0 radical (unpaired) electrons. The minimum atomic E-state index is -3.41. The monoisotopic (exact) mass is 390 g/mol. The fraction of sp³-hybridized carbons (Fsp3) is 0.333. The number of sulfonamides is 1. The average molecular weight is 390 g/mol. The number of hydrogen-bond acceptors (Lipinski definition) is 5. The predicted octanol–water partition coefficient (Wildman–Crippen LogP) is 0.972. The van der Waals surface area contributed by atoms with Gasteiger partial charge in [0.15, 0.2) is 0 Å². The number of carbonyl (C=O) groups excluding carboxylic acids is 1. The van der Waals surface area contributed by atoms with Crippen LogP contribution < -0.4 is 4.90 Å². The third-order valence-corrected chi connectivity index (χ3v) is 5.99. The zero-order chi connectivity index (χ0) is 19.0. The lowest BCUT2D eigenvalue weighted by atomic mass is 10.1. The van der Waals surface area contributed by atoms with Gasteiger partial charge in [0.2, 0.25) is 0 Å². The van der Waals surface area contributed by atoms with E-state index in [-0.39, 0.29) is 24.0 Å². The van der Waals surface area contributed by atoms with E-state index in [0.717, 1.165) is 0 Å². The van der Waals surface area contributed by atoms with Crippen LogP contribution in [0.3, 0.4) is 0 Å². The Balaban J connectivity index is 1.43. The van der Waals surface area contributed by atoms with Crippen LogP contribution in [0.15, 0.2) is 52.6 Å². The third-order valence-electron chi connectivity index (χ3n) is 4.83. The van der Waals surface area contributed by atoms with Gasteiger partial charge in [-0.15, -0.1) is 4.40 Å². The predicted molar refractivity (Wildman–Crippen MR) is 100 cm³/mol. The highest BCUT2D eigenvalue weighted by molar-refractivity contribution is 7.90. The Kier molecular flexibility index (Phi) is 4.47. The lowest BCUT2D eigenvalue weighted by Crippen LogP contribution is -2.49. The Morgan fingerprint density at radius 2 is 1.78 bits per heavy atom. The Hall–Kier alpha value is -2.68. The highest BCUT2D eigenvalue weighted by Crippen LogP contribution is 2.22. The van der Waals surface area contributed by atoms with Crippen molar-refractivity contribution in [3.63, 3.8) is 0 Å². The smallest absolute Gasteiger partial charge is 0.256 e. The molecule has 0 N–H and O–H groups in total. The van der Waals surface area contributed by atoms with Crippen molar-refractivity contribution >= 4 is 27.5 Å². The zero-order valence-electron chi connectivity index (χ0n) is 14.6. The Bertz CT molecular complexity index is 963. The lowest BCUT2D eigenvalue weighted by Gasteiger charge is -2.37. The Labute approximate surface area is 157 Å². The van der Waals surface area contributed by atoms with Gasteiger partial charge in [-0.3, -0.25) is 4.79 Å². The number of amides is 1. The normalized spacial score (nSPS) is 21.4. The highest BCUT2D eigenvalue weighted by atomic mass is 32.2. The minimum Gasteiger partial charge on any atom is -0.366 e. The van der Waals surface area contributed by atoms with Gasteiger partial charge in [0.25, 0.3) is 15.9 Å². The van der Waals surface area contributed by atoms with Crippen molar-refractivity contribution in [3.8, 4) is 0 Å². The summed E-state index contributed by atoms with van der Waals surface area (Å²) in [4.78, 5) is 18.1. The first-order valence-electron chi connectivity index (χ1n) is 8.71. The van der Waals surface area contributed by atoms with Crippen LogP contribution in [0.4, 0.5) is 10.1 Å². The molecule has 1 aromatic rings. The Morgan fingerprint density at radius 1 is 1.04 bits per heavy atom. The van der Waals surface area contributed by atoms with E-state index in [9.17, 15) is 17.6 Å². The standard InChI is InChI=1S/C18H19FN4O3S/c19-15-3-1-2-4-16(15)21-7-9-22(10-8-21)18(24)14-5-6-17-20-27(25,26)12-11-23(17)13-14/h1-6,13H,7-12H2. The van der Waals surface area contributed by atoms with Gasteiger partial charge in [-0.25, -0.2) is 12.8 Å². The second kappa shape index (κ2) is 6.80. The summed E-state index contributed by atoms with van der Waals surface area (Å²) in [6, 6.07) is 6.63. The number of nitrogens with zero attached hydrogens (tertiary/aromatic N) is 4. The maximum Gasteiger partial charge on any atom is 0.256 e. The molecule has 3 heterocycles. The highest BCUT2D eigenvalue weighted by Gasteiger charge is 2.28. The summed E-state index contributed by atoms with van der Waals surface area (Å²) in [5, 5.41) is 0. The van der Waals surface area contributed by atoms with Crippen LogP contribution in [0.5, 0.6) is 0 Å². The molecule has 1 amide bonds. The van der Waals surface area contributed by atoms with Crippen LogP contribution in [-0.2, 0) is 14.8 Å². The van der Waals surface area contributed by atoms with Crippen LogP contribution in [0.25, 0.3) is 0 Å². The van der Waals surface area contributed by atoms with Gasteiger partial charge in [-0.1, -0.05) is 12.1 Å². The first kappa shape index (κ1) is 17.7. The van der Waals surface area contributed by atoms with Crippen molar-refractivity contribution < 1.29 is 17.6 Å². The van der Waals surface area contributed by atoms with Crippen LogP contribution in [-0.4, -0.2) is 68.4 Å². The van der Waals surface area contributed by atoms with Crippen LogP contribution in [0.2, 0.25) is 0 Å². The number of halogens is 1. The summed E-state index contributed by atoms with van der Waals surface area (Å²) in [5.74, 6) is -0.111. The largest absolute Gasteiger partial charge is 0.366 e. The molecule has 0 aliphatic carbocycles. The first-order chi connectivity index (χ1) is 12.9. The van der Waals surface area contributed by atoms with E-state index in [1.807, 2.05) is 4.90 Å². The fourth-order valence-corrected chi connectivity index (χ4v) is 4.34. The number of benzene rings is 1. The van der Waals surface area contributed by atoms with Crippen molar-refractivity contribution in [1.29, 1.82) is 0 Å². The van der Waals surface area contributed by atoms with Crippen LogP contribution >= 0.6 is 0 Å². The zero-order valence-corrected chi connectivity index (χ0v) is 15.4. The SMILES string of the molecule is O=C(C1=CN2CCS(=O)(=O)N=C2C=C1)N1CCN(c2ccccc2F)CC1. The van der Waals surface area contributed by atoms with Crippen molar-refractivity contribution in [2.75, 3.05) is 43.4 Å². The van der Waals surface area contributed by atoms with Crippen molar-refractivity contribution in [1.82, 2.24) is 9.80 Å². The molecule has 0 spiro atoms. The number of carbonyl (C=O) groups is 1. The van der Waals surface area contributed by atoms with E-state index < -0.39 is 10.0 Å². The van der Waals surface area contributed by atoms with E-state index in [4.69, 9.17) is 0 Å². The molecule has 9 heteroatoms. The average Bonchev–Trinajstić information content (AvgIpc) is 2.67. The molecule has 1 aromatic carbocycles. The fourth-order valence-electron chi connectivity index (χ4n) is 3.37. The number of amidine groups is 1. The second-order valence-electron chi connectivity index (χ2n) is 6.58. The van der Waals surface area contributed by atoms with Crippen molar-refractivity contribution in [2.45, 2.75) is 0 Å². The van der Waals surface area contributed by atoms with Gasteiger partial charge in [0.1, 0.15) is 11.7 Å². The van der Waals surface area contributed by atoms with Crippen LogP contribution in [0.1, 0.15) is 0 Å². The molecule has 0 bridgehead atoms. The summed E-state index contributed by atoms with van der Waals surface area (Å²) >= 11 is 0. The topological polar surface area (TPSA) is 73.3 Å². The van der Waals surface area contributed by atoms with Gasteiger partial charge in [0.05, 0.1) is 17.0 Å². The van der Waals surface area contributed by atoms with Crippen molar-refractivity contribution in [2.24, 2.45) is 4.40 Å². The lowest BCUT2D eigenvalue weighted by molar-refractivity contribution is -0.127. The van der Waals surface area contributed by atoms with Gasteiger partial charge in [0, 0.05) is 38.9 Å². The third kappa shape index (κ3) is 3.59. The molecular formula is C18H19FN4O3S. The van der Waals surface area contributed by atoms with Crippen molar-refractivity contribution in [3.05, 3.63) is 54.0 Å². The molecule has 4 rings (SSSR count). The van der Waals surface area contributed by atoms with Gasteiger partial charge < -0.3 is 14.7 Å². The van der Waals surface area contributed by atoms with E-state index in [1.54, 1.807) is 46.4 Å².